The Bertz CT molecular complexity index is 465. The molecule has 5 heteroatoms. The Kier molecular flexibility index (Phi) is 4.34. The molecule has 0 saturated carbocycles. The van der Waals surface area contributed by atoms with Crippen molar-refractivity contribution in [1.82, 2.24) is 9.97 Å². The quantitative estimate of drug-likeness (QED) is 0.860. The highest BCUT2D eigenvalue weighted by Gasteiger charge is 2.23. The molecule has 4 nitrogen and oxygen atoms in total. The monoisotopic (exact) mass is 278 g/mol. The first-order valence-corrected chi connectivity index (χ1v) is 7.28. The summed E-state index contributed by atoms with van der Waals surface area (Å²) >= 11 is 5.00. The molecule has 19 heavy (non-hydrogen) atoms. The number of aromatic nitrogens is 2. The number of anilines is 1. The van der Waals surface area contributed by atoms with Gasteiger partial charge in [0.15, 0.2) is 0 Å². The first-order valence-electron chi connectivity index (χ1n) is 6.88. The van der Waals surface area contributed by atoms with Crippen molar-refractivity contribution in [2.24, 2.45) is 17.6 Å². The molecular weight excluding hydrogens is 256 g/mol. The number of piperidine rings is 1. The van der Waals surface area contributed by atoms with Crippen LogP contribution >= 0.6 is 12.2 Å². The van der Waals surface area contributed by atoms with E-state index in [0.29, 0.717) is 10.7 Å². The molecular formula is C14H22N4S. The lowest BCUT2D eigenvalue weighted by Crippen LogP contribution is -2.36. The van der Waals surface area contributed by atoms with E-state index >= 15 is 0 Å². The smallest absolute Gasteiger partial charge is 0.226 e. The Morgan fingerprint density at radius 3 is 2.53 bits per heavy atom. The molecule has 2 heterocycles. The van der Waals surface area contributed by atoms with Crippen LogP contribution in [0.2, 0.25) is 0 Å². The van der Waals surface area contributed by atoms with Crippen LogP contribution in [0.15, 0.2) is 6.07 Å². The summed E-state index contributed by atoms with van der Waals surface area (Å²) < 4.78 is 0. The lowest BCUT2D eigenvalue weighted by atomic mass is 9.87. The van der Waals surface area contributed by atoms with Crippen LogP contribution in [0.3, 0.4) is 0 Å². The van der Waals surface area contributed by atoms with E-state index in [1.54, 1.807) is 0 Å². The number of hydrogen-bond donors (Lipinski definition) is 1. The zero-order valence-electron chi connectivity index (χ0n) is 11.9. The topological polar surface area (TPSA) is 55.0 Å². The highest BCUT2D eigenvalue weighted by atomic mass is 32.1. The molecule has 0 radical (unpaired) electrons. The predicted octanol–water partition coefficient (Wildman–Crippen LogP) is 2.29. The zero-order chi connectivity index (χ0) is 14.0. The summed E-state index contributed by atoms with van der Waals surface area (Å²) in [4.78, 5) is 11.6. The number of thiocarbonyl (C=S) groups is 1. The summed E-state index contributed by atoms with van der Waals surface area (Å²) in [5.41, 5.74) is 7.25. The number of nitrogens with zero attached hydrogens (tertiary/aromatic N) is 3. The average Bonchev–Trinajstić information content (AvgIpc) is 2.38. The predicted molar refractivity (Wildman–Crippen MR) is 82.4 cm³/mol. The number of nitrogens with two attached hydrogens (primary N) is 1. The molecule has 1 aromatic heterocycles. The minimum Gasteiger partial charge on any atom is -0.388 e. The largest absolute Gasteiger partial charge is 0.388 e. The summed E-state index contributed by atoms with van der Waals surface area (Å²) in [5, 5.41) is 0. The Labute approximate surface area is 120 Å². The highest BCUT2D eigenvalue weighted by Crippen LogP contribution is 2.26. The third-order valence-electron chi connectivity index (χ3n) is 3.86. The number of hydrogen-bond acceptors (Lipinski definition) is 4. The summed E-state index contributed by atoms with van der Waals surface area (Å²) in [6.07, 6.45) is 2.41. The van der Waals surface area contributed by atoms with E-state index in [2.05, 4.69) is 28.7 Å². The Hall–Kier alpha value is -1.23. The summed E-state index contributed by atoms with van der Waals surface area (Å²) in [6.45, 7) is 8.59. The molecule has 2 N–H and O–H groups in total. The van der Waals surface area contributed by atoms with Gasteiger partial charge in [0.25, 0.3) is 0 Å². The van der Waals surface area contributed by atoms with Crippen LogP contribution in [0.1, 0.15) is 38.1 Å². The Balaban J connectivity index is 2.13. The third kappa shape index (κ3) is 3.41. The number of aryl methyl sites for hydroxylation is 1. The molecule has 0 atom stereocenters. The van der Waals surface area contributed by atoms with Crippen LogP contribution < -0.4 is 10.6 Å². The first kappa shape index (κ1) is 14.2. The van der Waals surface area contributed by atoms with E-state index in [4.69, 9.17) is 18.0 Å². The van der Waals surface area contributed by atoms with Crippen LogP contribution in [0.25, 0.3) is 0 Å². The van der Waals surface area contributed by atoms with Crippen molar-refractivity contribution >= 4 is 23.2 Å². The van der Waals surface area contributed by atoms with Crippen molar-refractivity contribution in [3.63, 3.8) is 0 Å². The lowest BCUT2D eigenvalue weighted by molar-refractivity contribution is 0.310. The van der Waals surface area contributed by atoms with Gasteiger partial charge in [-0.1, -0.05) is 26.1 Å². The van der Waals surface area contributed by atoms with Crippen molar-refractivity contribution < 1.29 is 0 Å². The summed E-state index contributed by atoms with van der Waals surface area (Å²) in [6, 6.07) is 1.84. The maximum Gasteiger partial charge on any atom is 0.226 e. The second kappa shape index (κ2) is 5.82. The number of rotatable bonds is 3. The van der Waals surface area contributed by atoms with Gasteiger partial charge in [0.1, 0.15) is 10.7 Å². The van der Waals surface area contributed by atoms with Gasteiger partial charge in [0, 0.05) is 18.8 Å². The summed E-state index contributed by atoms with van der Waals surface area (Å²) in [5.74, 6) is 2.34. The molecule has 1 fully saturated rings. The van der Waals surface area contributed by atoms with Crippen LogP contribution in [0.5, 0.6) is 0 Å². The molecule has 0 unspecified atom stereocenters. The van der Waals surface area contributed by atoms with Crippen molar-refractivity contribution in [2.45, 2.75) is 33.6 Å². The standard InChI is InChI=1S/C14H22N4S/c1-9(2)11-4-6-18(7-5-11)14-16-10(3)8-12(17-14)13(15)19/h8-9,11H,4-7H2,1-3H3,(H2,15,19). The fraction of sp³-hybridized carbons (Fsp3) is 0.643. The van der Waals surface area contributed by atoms with Gasteiger partial charge in [0.2, 0.25) is 5.95 Å². The van der Waals surface area contributed by atoms with Crippen molar-refractivity contribution in [3.8, 4) is 0 Å². The molecule has 104 valence electrons. The molecule has 0 amide bonds. The van der Waals surface area contributed by atoms with Gasteiger partial charge >= 0.3 is 0 Å². The Morgan fingerprint density at radius 2 is 2.00 bits per heavy atom. The van der Waals surface area contributed by atoms with Gasteiger partial charge in [0.05, 0.1) is 0 Å². The van der Waals surface area contributed by atoms with Gasteiger partial charge in [-0.15, -0.1) is 0 Å². The minimum atomic E-state index is 0.337. The molecule has 0 aromatic carbocycles. The first-order chi connectivity index (χ1) is 8.97. The molecule has 1 saturated heterocycles. The Morgan fingerprint density at radius 1 is 1.37 bits per heavy atom. The molecule has 2 rings (SSSR count). The van der Waals surface area contributed by atoms with Crippen LogP contribution in [-0.4, -0.2) is 28.0 Å². The maximum atomic E-state index is 5.67. The maximum absolute atomic E-state index is 5.67. The molecule has 0 bridgehead atoms. The second-order valence-corrected chi connectivity index (χ2v) is 6.07. The van der Waals surface area contributed by atoms with Crippen LogP contribution in [0.4, 0.5) is 5.95 Å². The molecule has 0 aliphatic carbocycles. The second-order valence-electron chi connectivity index (χ2n) is 5.63. The fourth-order valence-corrected chi connectivity index (χ4v) is 2.69. The van der Waals surface area contributed by atoms with Gasteiger partial charge in [-0.3, -0.25) is 0 Å². The van der Waals surface area contributed by atoms with Crippen LogP contribution in [-0.2, 0) is 0 Å². The molecule has 1 aromatic rings. The molecule has 1 aliphatic heterocycles. The fourth-order valence-electron chi connectivity index (χ4n) is 2.59. The van der Waals surface area contributed by atoms with E-state index in [-0.39, 0.29) is 0 Å². The normalized spacial score (nSPS) is 16.9. The zero-order valence-corrected chi connectivity index (χ0v) is 12.7. The average molecular weight is 278 g/mol. The van der Waals surface area contributed by atoms with E-state index < -0.39 is 0 Å². The summed E-state index contributed by atoms with van der Waals surface area (Å²) in [7, 11) is 0. The molecule has 0 spiro atoms. The SMILES string of the molecule is Cc1cc(C(N)=S)nc(N2CCC(C(C)C)CC2)n1. The minimum absolute atomic E-state index is 0.337. The highest BCUT2D eigenvalue weighted by molar-refractivity contribution is 7.80. The third-order valence-corrected chi connectivity index (χ3v) is 4.07. The van der Waals surface area contributed by atoms with E-state index in [0.717, 1.165) is 36.6 Å². The van der Waals surface area contributed by atoms with Gasteiger partial charge in [-0.25, -0.2) is 9.97 Å². The lowest BCUT2D eigenvalue weighted by Gasteiger charge is -2.34. The van der Waals surface area contributed by atoms with E-state index in [1.807, 2.05) is 13.0 Å². The van der Waals surface area contributed by atoms with Crippen molar-refractivity contribution in [2.75, 3.05) is 18.0 Å². The molecule has 1 aliphatic rings. The van der Waals surface area contributed by atoms with Crippen molar-refractivity contribution in [3.05, 3.63) is 17.5 Å². The van der Waals surface area contributed by atoms with Gasteiger partial charge in [-0.2, -0.15) is 0 Å². The van der Waals surface area contributed by atoms with Crippen LogP contribution in [0, 0.1) is 18.8 Å². The van der Waals surface area contributed by atoms with Gasteiger partial charge < -0.3 is 10.6 Å². The van der Waals surface area contributed by atoms with E-state index in [9.17, 15) is 0 Å². The van der Waals surface area contributed by atoms with Crippen molar-refractivity contribution in [1.29, 1.82) is 0 Å². The van der Waals surface area contributed by atoms with Gasteiger partial charge in [-0.05, 0) is 37.7 Å². The van der Waals surface area contributed by atoms with E-state index in [1.165, 1.54) is 12.8 Å².